The summed E-state index contributed by atoms with van der Waals surface area (Å²) in [5.74, 6) is 0.971. The van der Waals surface area contributed by atoms with Crippen LogP contribution in [0.5, 0.6) is 5.75 Å². The van der Waals surface area contributed by atoms with Gasteiger partial charge in [0, 0.05) is 10.6 Å². The van der Waals surface area contributed by atoms with E-state index in [1.54, 1.807) is 0 Å². The van der Waals surface area contributed by atoms with Crippen LogP contribution in [0.1, 0.15) is 55.7 Å². The van der Waals surface area contributed by atoms with E-state index in [0.717, 1.165) is 16.3 Å². The van der Waals surface area contributed by atoms with Crippen molar-refractivity contribution in [3.8, 4) is 5.75 Å². The maximum atomic E-state index is 6.07. The summed E-state index contributed by atoms with van der Waals surface area (Å²) in [7, 11) is 0. The number of likely N-dealkylation sites (tertiary alicyclic amines) is 1. The van der Waals surface area contributed by atoms with Gasteiger partial charge in [-0.2, -0.15) is 0 Å². The van der Waals surface area contributed by atoms with Crippen molar-refractivity contribution in [1.29, 1.82) is 0 Å². The number of ether oxygens (including phenoxy) is 1. The van der Waals surface area contributed by atoms with E-state index in [-0.39, 0.29) is 12.4 Å². The molecule has 152 valence electrons. The highest BCUT2D eigenvalue weighted by Crippen LogP contribution is 2.40. The summed E-state index contributed by atoms with van der Waals surface area (Å²) in [5.41, 5.74) is 4.52. The molecule has 1 fully saturated rings. The Bertz CT molecular complexity index is 792. The third kappa shape index (κ3) is 4.67. The minimum Gasteiger partial charge on any atom is -0.489 e. The number of nitrogens with zero attached hydrogens (tertiary/aromatic N) is 1. The van der Waals surface area contributed by atoms with E-state index in [9.17, 15) is 0 Å². The lowest BCUT2D eigenvalue weighted by Crippen LogP contribution is -2.55. The molecule has 0 radical (unpaired) electrons. The Kier molecular flexibility index (Phi) is 7.31. The molecule has 0 aromatic heterocycles. The Hall–Kier alpha value is -1.22. The number of hydrogen-bond acceptors (Lipinski definition) is 2. The van der Waals surface area contributed by atoms with Crippen LogP contribution in [0.25, 0.3) is 0 Å². The Labute approximate surface area is 180 Å². The minimum atomic E-state index is 0. The van der Waals surface area contributed by atoms with Crippen LogP contribution in [0.3, 0.4) is 0 Å². The monoisotopic (exact) mass is 419 g/mol. The van der Waals surface area contributed by atoms with Crippen molar-refractivity contribution < 1.29 is 4.74 Å². The lowest BCUT2D eigenvalue weighted by atomic mass is 9.72. The van der Waals surface area contributed by atoms with Gasteiger partial charge in [0.05, 0.1) is 0 Å². The predicted molar refractivity (Wildman–Crippen MR) is 120 cm³/mol. The molecule has 1 heterocycles. The Morgan fingerprint density at radius 3 is 2.79 bits per heavy atom. The highest BCUT2D eigenvalue weighted by molar-refractivity contribution is 6.30. The number of halogens is 2. The van der Waals surface area contributed by atoms with Gasteiger partial charge in [0.15, 0.2) is 0 Å². The largest absolute Gasteiger partial charge is 0.489 e. The fourth-order valence-electron chi connectivity index (χ4n) is 4.96. The molecular weight excluding hydrogens is 389 g/mol. The maximum absolute atomic E-state index is 6.07. The normalized spacial score (nSPS) is 21.8. The van der Waals surface area contributed by atoms with Crippen molar-refractivity contribution in [1.82, 2.24) is 4.90 Å². The summed E-state index contributed by atoms with van der Waals surface area (Å²) in [5, 5.41) is 0.760. The second-order valence-electron chi connectivity index (χ2n) is 8.19. The Morgan fingerprint density at radius 2 is 1.96 bits per heavy atom. The molecule has 4 rings (SSSR count). The van der Waals surface area contributed by atoms with Crippen LogP contribution in [0.2, 0.25) is 5.02 Å². The molecule has 0 bridgehead atoms. The highest BCUT2D eigenvalue weighted by Gasteiger charge is 2.40. The van der Waals surface area contributed by atoms with Gasteiger partial charge in [-0.25, -0.2) is 0 Å². The third-order valence-electron chi connectivity index (χ3n) is 6.34. The molecule has 0 saturated carbocycles. The SMILES string of the molecule is CCCN1CCCCC12CCc1cc(OCc3cccc(Cl)c3)ccc1C2.Cl. The number of fused-ring (bicyclic) bond motifs is 1. The Morgan fingerprint density at radius 1 is 1.07 bits per heavy atom. The summed E-state index contributed by atoms with van der Waals surface area (Å²) in [6.45, 7) is 5.40. The lowest BCUT2D eigenvalue weighted by molar-refractivity contribution is 0.0340. The first-order valence-electron chi connectivity index (χ1n) is 10.4. The van der Waals surface area contributed by atoms with Crippen LogP contribution in [-0.4, -0.2) is 23.5 Å². The van der Waals surface area contributed by atoms with Crippen LogP contribution < -0.4 is 4.74 Å². The van der Waals surface area contributed by atoms with E-state index in [1.165, 1.54) is 69.2 Å². The van der Waals surface area contributed by atoms with Gasteiger partial charge < -0.3 is 4.74 Å². The second kappa shape index (κ2) is 9.52. The van der Waals surface area contributed by atoms with Gasteiger partial charge in [-0.1, -0.05) is 43.1 Å². The molecule has 2 aromatic rings. The maximum Gasteiger partial charge on any atom is 0.120 e. The summed E-state index contributed by atoms with van der Waals surface area (Å²) in [6, 6.07) is 14.6. The number of benzene rings is 2. The van der Waals surface area contributed by atoms with Gasteiger partial charge in [-0.3, -0.25) is 4.90 Å². The lowest BCUT2D eigenvalue weighted by Gasteiger charge is -2.50. The average molecular weight is 420 g/mol. The Balaban J connectivity index is 0.00000225. The quantitative estimate of drug-likeness (QED) is 0.550. The summed E-state index contributed by atoms with van der Waals surface area (Å²) in [6.07, 6.45) is 9.03. The molecule has 1 unspecified atom stereocenters. The topological polar surface area (TPSA) is 12.5 Å². The van der Waals surface area contributed by atoms with E-state index in [2.05, 4.69) is 36.1 Å². The van der Waals surface area contributed by atoms with Gasteiger partial charge in [0.2, 0.25) is 0 Å². The standard InChI is InChI=1S/C24H30ClNO.ClH/c1-2-13-26-14-4-3-11-24(26)12-10-20-16-23(9-8-21(20)17-24)27-18-19-6-5-7-22(25)15-19;/h5-9,15-16H,2-4,10-14,17-18H2,1H3;1H. The van der Waals surface area contributed by atoms with Crippen LogP contribution >= 0.6 is 24.0 Å². The number of aryl methyl sites for hydroxylation is 1. The molecule has 2 aliphatic rings. The zero-order valence-electron chi connectivity index (χ0n) is 16.8. The summed E-state index contributed by atoms with van der Waals surface area (Å²) >= 11 is 6.07. The molecule has 4 heteroatoms. The van der Waals surface area contributed by atoms with Crippen LogP contribution in [-0.2, 0) is 19.4 Å². The van der Waals surface area contributed by atoms with Crippen molar-refractivity contribution in [2.75, 3.05) is 13.1 Å². The zero-order valence-corrected chi connectivity index (χ0v) is 18.3. The van der Waals surface area contributed by atoms with Crippen molar-refractivity contribution in [3.05, 3.63) is 64.2 Å². The molecule has 1 saturated heterocycles. The molecule has 1 aliphatic carbocycles. The van der Waals surface area contributed by atoms with E-state index in [4.69, 9.17) is 16.3 Å². The zero-order chi connectivity index (χ0) is 18.7. The van der Waals surface area contributed by atoms with E-state index >= 15 is 0 Å². The van der Waals surface area contributed by atoms with Crippen molar-refractivity contribution in [2.45, 2.75) is 64.0 Å². The summed E-state index contributed by atoms with van der Waals surface area (Å²) < 4.78 is 6.04. The van der Waals surface area contributed by atoms with Crippen LogP contribution in [0.4, 0.5) is 0 Å². The number of piperidine rings is 1. The molecule has 28 heavy (non-hydrogen) atoms. The fourth-order valence-corrected chi connectivity index (χ4v) is 5.17. The first-order chi connectivity index (χ1) is 13.2. The second-order valence-corrected chi connectivity index (χ2v) is 8.63. The van der Waals surface area contributed by atoms with Gasteiger partial charge in [-0.05, 0) is 92.6 Å². The molecule has 1 aliphatic heterocycles. The van der Waals surface area contributed by atoms with Gasteiger partial charge in [0.1, 0.15) is 12.4 Å². The smallest absolute Gasteiger partial charge is 0.120 e. The molecule has 0 amide bonds. The van der Waals surface area contributed by atoms with Crippen LogP contribution in [0, 0.1) is 0 Å². The van der Waals surface area contributed by atoms with Crippen molar-refractivity contribution in [3.63, 3.8) is 0 Å². The predicted octanol–water partition coefficient (Wildman–Crippen LogP) is 6.46. The first kappa shape index (κ1) is 21.5. The number of rotatable bonds is 5. The highest BCUT2D eigenvalue weighted by atomic mass is 35.5. The molecule has 0 N–H and O–H groups in total. The molecule has 1 atom stereocenters. The van der Waals surface area contributed by atoms with Crippen LogP contribution in [0.15, 0.2) is 42.5 Å². The minimum absolute atomic E-state index is 0. The first-order valence-corrected chi connectivity index (χ1v) is 10.8. The van der Waals surface area contributed by atoms with Gasteiger partial charge >= 0.3 is 0 Å². The molecule has 2 aromatic carbocycles. The van der Waals surface area contributed by atoms with Gasteiger partial charge in [0.25, 0.3) is 0 Å². The fraction of sp³-hybridized carbons (Fsp3) is 0.500. The van der Waals surface area contributed by atoms with Crippen molar-refractivity contribution >= 4 is 24.0 Å². The van der Waals surface area contributed by atoms with Crippen molar-refractivity contribution in [2.24, 2.45) is 0 Å². The number of hydrogen-bond donors (Lipinski definition) is 0. The average Bonchev–Trinajstić information content (AvgIpc) is 2.68. The summed E-state index contributed by atoms with van der Waals surface area (Å²) in [4.78, 5) is 2.79. The third-order valence-corrected chi connectivity index (χ3v) is 6.57. The van der Waals surface area contributed by atoms with E-state index in [0.29, 0.717) is 12.1 Å². The van der Waals surface area contributed by atoms with E-state index < -0.39 is 0 Å². The van der Waals surface area contributed by atoms with Gasteiger partial charge in [-0.15, -0.1) is 12.4 Å². The molecule has 1 spiro atoms. The molecular formula is C24H31Cl2NO. The van der Waals surface area contributed by atoms with E-state index in [1.807, 2.05) is 18.2 Å². The molecule has 2 nitrogen and oxygen atoms in total.